The standard InChI is InChI=1S/C18H15P.C5.C2H3O.CO.Fe/c1-4-10-16(11-5-1)19(17-12-6-2-7-13-17)18-14-8-3-9-15-18;1-2-4-5-3-1;1-2-3;1-2;/h1-15H;;1H3;;/q;;-1;;. The van der Waals surface area contributed by atoms with Crippen molar-refractivity contribution in [2.24, 2.45) is 0 Å². The summed E-state index contributed by atoms with van der Waals surface area (Å²) in [6.07, 6.45) is 14.0. The van der Waals surface area contributed by atoms with Crippen LogP contribution >= 0.6 is 7.92 Å². The van der Waals surface area contributed by atoms with Crippen molar-refractivity contribution in [2.45, 2.75) is 6.92 Å². The average molecular weight is 449 g/mol. The monoisotopic (exact) mass is 449 g/mol. The zero-order chi connectivity index (χ0) is 21.2. The molecule has 0 bridgehead atoms. The summed E-state index contributed by atoms with van der Waals surface area (Å²) in [7, 11) is -0.446. The Morgan fingerprint density at radius 2 is 0.833 bits per heavy atom. The first-order chi connectivity index (χ1) is 14.4. The van der Waals surface area contributed by atoms with Crippen LogP contribution in [0.2, 0.25) is 0 Å². The van der Waals surface area contributed by atoms with E-state index in [1.807, 2.05) is 0 Å². The van der Waals surface area contributed by atoms with E-state index < -0.39 is 7.92 Å². The molecule has 0 aromatic heterocycles. The second-order valence-corrected chi connectivity index (χ2v) is 7.39. The minimum atomic E-state index is -0.446. The molecule has 0 atom stereocenters. The number of benzene rings is 3. The van der Waals surface area contributed by atoms with Gasteiger partial charge in [0.2, 0.25) is 0 Å². The van der Waals surface area contributed by atoms with Crippen molar-refractivity contribution >= 4 is 30.1 Å². The van der Waals surface area contributed by atoms with Gasteiger partial charge in [0.1, 0.15) is 0 Å². The van der Waals surface area contributed by atoms with Gasteiger partial charge in [-0.25, -0.2) is 0 Å². The molecule has 148 valence electrons. The largest absolute Gasteiger partial charge is 0.0622 e. The van der Waals surface area contributed by atoms with Crippen molar-refractivity contribution < 1.29 is 26.5 Å². The van der Waals surface area contributed by atoms with Gasteiger partial charge in [0.25, 0.3) is 0 Å². The van der Waals surface area contributed by atoms with Gasteiger partial charge in [-0.15, -0.1) is 0 Å². The molecule has 0 amide bonds. The predicted octanol–water partition coefficient (Wildman–Crippen LogP) is 3.93. The maximum Gasteiger partial charge on any atom is 0 e. The van der Waals surface area contributed by atoms with Crippen molar-refractivity contribution in [1.82, 2.24) is 0 Å². The first-order valence-corrected chi connectivity index (χ1v) is 9.90. The molecule has 1 aliphatic rings. The molecule has 3 aromatic carbocycles. The van der Waals surface area contributed by atoms with Crippen LogP contribution in [0, 0.1) is 38.8 Å². The molecule has 0 N–H and O–H groups in total. The third-order valence-corrected chi connectivity index (χ3v) is 5.80. The molecule has 3 aromatic rings. The second-order valence-electron chi connectivity index (χ2n) is 5.17. The molecule has 0 saturated heterocycles. The Morgan fingerprint density at radius 1 is 0.633 bits per heavy atom. The van der Waals surface area contributed by atoms with Crippen LogP contribution in [0.25, 0.3) is 0 Å². The summed E-state index contributed by atoms with van der Waals surface area (Å²) in [4.78, 5) is 8.68. The molecule has 1 aliphatic carbocycles. The molecule has 0 aliphatic heterocycles. The van der Waals surface area contributed by atoms with Crippen LogP contribution in [0.15, 0.2) is 91.0 Å². The Kier molecular flexibility index (Phi) is 17.8. The van der Waals surface area contributed by atoms with E-state index in [0.717, 1.165) is 0 Å². The molecule has 1 fully saturated rings. The van der Waals surface area contributed by atoms with E-state index >= 15 is 0 Å². The fraction of sp³-hybridized carbons (Fsp3) is 0.0385. The van der Waals surface area contributed by atoms with E-state index in [0.29, 0.717) is 0 Å². The van der Waals surface area contributed by atoms with Gasteiger partial charge in [-0.3, -0.25) is 6.29 Å². The van der Waals surface area contributed by atoms with Gasteiger partial charge in [0.15, 0.2) is 0 Å². The molecule has 2 nitrogen and oxygen atoms in total. The Hall–Kier alpha value is -1.98. The molecule has 30 heavy (non-hydrogen) atoms. The van der Waals surface area contributed by atoms with Crippen LogP contribution in [0.3, 0.4) is 0 Å². The summed E-state index contributed by atoms with van der Waals surface area (Å²) in [6, 6.07) is 32.3. The van der Waals surface area contributed by atoms with Crippen LogP contribution in [-0.2, 0) is 26.5 Å². The van der Waals surface area contributed by atoms with E-state index in [-0.39, 0.29) is 17.1 Å². The second kappa shape index (κ2) is 19.0. The molecule has 0 unspecified atom stereocenters. The van der Waals surface area contributed by atoms with Crippen LogP contribution in [0.1, 0.15) is 6.92 Å². The van der Waals surface area contributed by atoms with E-state index in [1.165, 1.54) is 29.1 Å². The van der Waals surface area contributed by atoms with E-state index in [4.69, 9.17) is 9.45 Å². The molecular formula is C26H18FeO2P-. The summed E-state index contributed by atoms with van der Waals surface area (Å²) in [5.74, 6) is 0. The normalized spacial score (nSPS) is 11.2. The van der Waals surface area contributed by atoms with Crippen LogP contribution < -0.4 is 15.9 Å². The third-order valence-electron chi connectivity index (χ3n) is 3.36. The van der Waals surface area contributed by atoms with Crippen molar-refractivity contribution in [2.75, 3.05) is 0 Å². The SMILES string of the molecule is C[C-]=O.[C-]#[O+].[C]1[C][C][C][C]1.[Fe].c1ccc(P(c2ccccc2)c2ccccc2)cc1. The zero-order valence-electron chi connectivity index (χ0n) is 16.3. The summed E-state index contributed by atoms with van der Waals surface area (Å²) in [5, 5.41) is 4.19. The molecule has 0 heterocycles. The van der Waals surface area contributed by atoms with Crippen LogP contribution in [-0.4, -0.2) is 6.29 Å². The van der Waals surface area contributed by atoms with Crippen molar-refractivity contribution in [3.05, 3.63) is 130 Å². The maximum atomic E-state index is 8.68. The fourth-order valence-corrected chi connectivity index (χ4v) is 4.64. The number of hydrogen-bond acceptors (Lipinski definition) is 1. The van der Waals surface area contributed by atoms with Gasteiger partial charge < -0.3 is 4.79 Å². The first kappa shape index (κ1) is 28.0. The molecule has 0 spiro atoms. The fourth-order valence-electron chi connectivity index (χ4n) is 2.33. The van der Waals surface area contributed by atoms with E-state index in [1.54, 1.807) is 0 Å². The molecule has 4 heteroatoms. The van der Waals surface area contributed by atoms with Crippen LogP contribution in [0.5, 0.6) is 0 Å². The Morgan fingerprint density at radius 3 is 1.03 bits per heavy atom. The molecule has 10 radical (unpaired) electrons. The van der Waals surface area contributed by atoms with Gasteiger partial charge in [-0.1, -0.05) is 91.0 Å². The molecule has 4 rings (SSSR count). The molecular weight excluding hydrogens is 431 g/mol. The Bertz CT molecular complexity index is 687. The average Bonchev–Trinajstić information content (AvgIpc) is 3.39. The summed E-state index contributed by atoms with van der Waals surface area (Å²) < 4.78 is 7.50. The van der Waals surface area contributed by atoms with Gasteiger partial charge in [0, 0.05) is 49.2 Å². The maximum absolute atomic E-state index is 8.68. The van der Waals surface area contributed by atoms with Crippen LogP contribution in [0.4, 0.5) is 0 Å². The Labute approximate surface area is 193 Å². The Balaban J connectivity index is 0.000000643. The number of rotatable bonds is 3. The van der Waals surface area contributed by atoms with E-state index in [2.05, 4.69) is 130 Å². The minimum absolute atomic E-state index is 0. The minimum Gasteiger partial charge on any atom is -0.0622 e. The smallest absolute Gasteiger partial charge is 0 e. The van der Waals surface area contributed by atoms with Gasteiger partial charge in [-0.2, -0.15) is 6.92 Å². The summed E-state index contributed by atoms with van der Waals surface area (Å²) >= 11 is 0. The van der Waals surface area contributed by atoms with E-state index in [9.17, 15) is 0 Å². The van der Waals surface area contributed by atoms with Gasteiger partial charge >= 0.3 is 11.3 Å². The predicted molar refractivity (Wildman–Crippen MR) is 117 cm³/mol. The zero-order valence-corrected chi connectivity index (χ0v) is 18.3. The first-order valence-electron chi connectivity index (χ1n) is 8.56. The van der Waals surface area contributed by atoms with Gasteiger partial charge in [0.05, 0.1) is 0 Å². The molecule has 1 saturated carbocycles. The summed E-state index contributed by atoms with van der Waals surface area (Å²) in [6.45, 7) is 5.82. The van der Waals surface area contributed by atoms with Crippen molar-refractivity contribution in [1.29, 1.82) is 0 Å². The number of carbonyl (C=O) groups excluding carboxylic acids is 1. The van der Waals surface area contributed by atoms with Crippen molar-refractivity contribution in [3.63, 3.8) is 0 Å². The topological polar surface area (TPSA) is 37.0 Å². The third kappa shape index (κ3) is 10.7. The number of hydrogen-bond donors (Lipinski definition) is 0. The summed E-state index contributed by atoms with van der Waals surface area (Å²) in [5.41, 5.74) is 0. The van der Waals surface area contributed by atoms with Crippen molar-refractivity contribution in [3.8, 4) is 0 Å². The van der Waals surface area contributed by atoms with Gasteiger partial charge in [-0.05, 0) is 23.8 Å². The quantitative estimate of drug-likeness (QED) is 0.259.